The smallest absolute Gasteiger partial charge is 0.328 e. The number of rotatable bonds is 4. The summed E-state index contributed by atoms with van der Waals surface area (Å²) in [7, 11) is 1.54. The first kappa shape index (κ1) is 29.9. The fraction of sp³-hybridized carbons (Fsp3) is 0.692. The molecule has 0 aromatic rings. The second-order valence-electron chi connectivity index (χ2n) is 9.28. The fourth-order valence-electron chi connectivity index (χ4n) is 4.14. The Hall–Kier alpha value is -2.33. The Bertz CT molecular complexity index is 816. The van der Waals surface area contributed by atoms with Crippen LogP contribution in [0.15, 0.2) is 24.3 Å². The van der Waals surface area contributed by atoms with Crippen LogP contribution in [0, 0.1) is 11.8 Å². The van der Waals surface area contributed by atoms with Gasteiger partial charge in [0.15, 0.2) is 0 Å². The molecule has 2 aliphatic heterocycles. The van der Waals surface area contributed by atoms with E-state index in [1.807, 2.05) is 26.2 Å². The minimum atomic E-state index is -0.750. The van der Waals surface area contributed by atoms with Crippen LogP contribution in [0.25, 0.3) is 0 Å². The molecule has 0 bridgehead atoms. The van der Waals surface area contributed by atoms with Gasteiger partial charge in [0.05, 0.1) is 12.7 Å². The SMILES string of the molecule is CO[C@@H]1COC(=O)[C@H](CCSC)NC(=O)C/C=C\[C@@H](C)COC(=O)[C@@H]2CCCN2C(=O)C/C=C\[C@H]1C. The third-order valence-corrected chi connectivity index (χ3v) is 6.99. The lowest BCUT2D eigenvalue weighted by Gasteiger charge is -2.24. The van der Waals surface area contributed by atoms with E-state index >= 15 is 0 Å². The Balaban J connectivity index is 2.17. The number of cyclic esters (lactones) is 2. The van der Waals surface area contributed by atoms with Crippen LogP contribution in [0.2, 0.25) is 0 Å². The summed E-state index contributed by atoms with van der Waals surface area (Å²) in [6.45, 7) is 4.51. The lowest BCUT2D eigenvalue weighted by molar-refractivity contribution is -0.153. The van der Waals surface area contributed by atoms with Crippen molar-refractivity contribution < 1.29 is 33.4 Å². The Labute approximate surface area is 218 Å². The molecule has 0 saturated carbocycles. The number of ether oxygens (including phenoxy) is 3. The third kappa shape index (κ3) is 9.61. The van der Waals surface area contributed by atoms with Crippen LogP contribution < -0.4 is 5.32 Å². The topological polar surface area (TPSA) is 111 Å². The fourth-order valence-corrected chi connectivity index (χ4v) is 4.62. The molecule has 2 heterocycles. The van der Waals surface area contributed by atoms with Crippen molar-refractivity contribution in [3.63, 3.8) is 0 Å². The summed E-state index contributed by atoms with van der Waals surface area (Å²) in [5.74, 6) is -0.849. The molecule has 0 radical (unpaired) electrons. The summed E-state index contributed by atoms with van der Waals surface area (Å²) < 4.78 is 16.5. The third-order valence-electron chi connectivity index (χ3n) is 6.34. The number of thioether (sulfide) groups is 1. The van der Waals surface area contributed by atoms with E-state index in [9.17, 15) is 19.2 Å². The molecule has 2 rings (SSSR count). The predicted octanol–water partition coefficient (Wildman–Crippen LogP) is 2.50. The molecule has 2 amide bonds. The van der Waals surface area contributed by atoms with Crippen molar-refractivity contribution in [2.45, 2.75) is 64.1 Å². The van der Waals surface area contributed by atoms with Gasteiger partial charge in [0.2, 0.25) is 11.8 Å². The van der Waals surface area contributed by atoms with Gasteiger partial charge >= 0.3 is 11.9 Å². The molecule has 202 valence electrons. The average molecular weight is 525 g/mol. The largest absolute Gasteiger partial charge is 0.464 e. The van der Waals surface area contributed by atoms with Gasteiger partial charge in [-0.15, -0.1) is 0 Å². The van der Waals surface area contributed by atoms with Gasteiger partial charge in [0, 0.05) is 38.3 Å². The van der Waals surface area contributed by atoms with Crippen molar-refractivity contribution >= 4 is 35.5 Å². The number of hydrogen-bond acceptors (Lipinski definition) is 8. The lowest BCUT2D eigenvalue weighted by Crippen LogP contribution is -2.43. The monoisotopic (exact) mass is 524 g/mol. The lowest BCUT2D eigenvalue weighted by atomic mass is 10.0. The Morgan fingerprint density at radius 3 is 2.50 bits per heavy atom. The van der Waals surface area contributed by atoms with Gasteiger partial charge in [-0.25, -0.2) is 9.59 Å². The zero-order valence-corrected chi connectivity index (χ0v) is 22.6. The molecule has 5 atom stereocenters. The molecule has 0 spiro atoms. The van der Waals surface area contributed by atoms with Crippen molar-refractivity contribution in [3.05, 3.63) is 24.3 Å². The summed E-state index contributed by atoms with van der Waals surface area (Å²) in [6, 6.07) is -1.32. The normalized spacial score (nSPS) is 31.4. The van der Waals surface area contributed by atoms with Crippen molar-refractivity contribution in [3.8, 4) is 0 Å². The van der Waals surface area contributed by atoms with Gasteiger partial charge < -0.3 is 24.4 Å². The molecule has 9 nitrogen and oxygen atoms in total. The van der Waals surface area contributed by atoms with Crippen molar-refractivity contribution in [2.24, 2.45) is 11.8 Å². The summed E-state index contributed by atoms with van der Waals surface area (Å²) in [4.78, 5) is 52.3. The minimum absolute atomic E-state index is 0.0257. The Morgan fingerprint density at radius 1 is 1.06 bits per heavy atom. The predicted molar refractivity (Wildman–Crippen MR) is 138 cm³/mol. The maximum absolute atomic E-state index is 12.8. The molecule has 0 unspecified atom stereocenters. The quantitative estimate of drug-likeness (QED) is 0.441. The summed E-state index contributed by atoms with van der Waals surface area (Å²) >= 11 is 1.58. The second-order valence-corrected chi connectivity index (χ2v) is 10.3. The number of fused-ring (bicyclic) bond motifs is 1. The number of hydrogen-bond donors (Lipinski definition) is 1. The first-order valence-corrected chi connectivity index (χ1v) is 13.9. The summed E-state index contributed by atoms with van der Waals surface area (Å²) in [6.07, 6.45) is 10.7. The average Bonchev–Trinajstić information content (AvgIpc) is 3.35. The molecule has 2 aliphatic rings. The highest BCUT2D eigenvalue weighted by atomic mass is 32.2. The van der Waals surface area contributed by atoms with E-state index in [-0.39, 0.29) is 49.7 Å². The zero-order chi connectivity index (χ0) is 26.5. The number of amides is 2. The van der Waals surface area contributed by atoms with Crippen LogP contribution in [-0.2, 0) is 33.4 Å². The number of nitrogens with zero attached hydrogens (tertiary/aromatic N) is 1. The van der Waals surface area contributed by atoms with Crippen molar-refractivity contribution in [2.75, 3.05) is 38.9 Å². The maximum Gasteiger partial charge on any atom is 0.328 e. The van der Waals surface area contributed by atoms with Gasteiger partial charge in [-0.1, -0.05) is 38.2 Å². The van der Waals surface area contributed by atoms with Crippen molar-refractivity contribution in [1.29, 1.82) is 0 Å². The second kappa shape index (κ2) is 15.7. The van der Waals surface area contributed by atoms with Crippen molar-refractivity contribution in [1.82, 2.24) is 10.2 Å². The number of nitrogens with one attached hydrogen (secondary N) is 1. The number of methoxy groups -OCH3 is 1. The highest BCUT2D eigenvalue weighted by molar-refractivity contribution is 7.98. The first-order chi connectivity index (χ1) is 17.3. The standard InChI is InChI=1S/C26H40N2O7S/c1-18-8-5-11-23(29)27-20(13-15-36-4)25(31)35-17-22(33-3)19(2)9-6-12-24(30)28-14-7-10-21(28)26(32)34-16-18/h5-6,8-9,18-22H,7,10-17H2,1-4H3,(H,27,29)/b8-5-,9-6-/t18-,19-,20+,21+,22-/m1/s1. The highest BCUT2D eigenvalue weighted by Crippen LogP contribution is 2.21. The summed E-state index contributed by atoms with van der Waals surface area (Å²) in [5, 5.41) is 2.77. The Kier molecular flexibility index (Phi) is 13.0. The van der Waals surface area contributed by atoms with Gasteiger partial charge in [-0.05, 0) is 31.3 Å². The van der Waals surface area contributed by atoms with Crippen LogP contribution in [-0.4, -0.2) is 85.7 Å². The molecular weight excluding hydrogens is 484 g/mol. The molecular formula is C26H40N2O7S. The van der Waals surface area contributed by atoms with Crippen LogP contribution in [0.4, 0.5) is 0 Å². The number of carbonyl (C=O) groups excluding carboxylic acids is 4. The van der Waals surface area contributed by atoms with Gasteiger partial charge in [0.1, 0.15) is 18.7 Å². The molecule has 36 heavy (non-hydrogen) atoms. The molecule has 1 fully saturated rings. The first-order valence-electron chi connectivity index (χ1n) is 12.5. The van der Waals surface area contributed by atoms with E-state index in [0.29, 0.717) is 25.1 Å². The number of esters is 2. The van der Waals surface area contributed by atoms with Crippen LogP contribution in [0.3, 0.4) is 0 Å². The number of carbonyl (C=O) groups is 4. The Morgan fingerprint density at radius 2 is 1.78 bits per heavy atom. The highest BCUT2D eigenvalue weighted by Gasteiger charge is 2.35. The van der Waals surface area contributed by atoms with E-state index in [1.54, 1.807) is 34.9 Å². The molecule has 1 saturated heterocycles. The minimum Gasteiger partial charge on any atom is -0.464 e. The van der Waals surface area contributed by atoms with Gasteiger partial charge in [0.25, 0.3) is 0 Å². The molecule has 10 heteroatoms. The van der Waals surface area contributed by atoms with E-state index in [1.165, 1.54) is 7.11 Å². The zero-order valence-electron chi connectivity index (χ0n) is 21.8. The van der Waals surface area contributed by atoms with Crippen LogP contribution in [0.1, 0.15) is 46.0 Å². The summed E-state index contributed by atoms with van der Waals surface area (Å²) in [5.41, 5.74) is 0. The maximum atomic E-state index is 12.8. The molecule has 1 N–H and O–H groups in total. The van der Waals surface area contributed by atoms with E-state index in [0.717, 1.165) is 6.42 Å². The molecule has 0 aliphatic carbocycles. The van der Waals surface area contributed by atoms with E-state index in [2.05, 4.69) is 5.32 Å². The molecule has 0 aromatic carbocycles. The molecule has 0 aromatic heterocycles. The van der Waals surface area contributed by atoms with E-state index < -0.39 is 30.1 Å². The van der Waals surface area contributed by atoms with E-state index in [4.69, 9.17) is 14.2 Å². The van der Waals surface area contributed by atoms with Crippen LogP contribution in [0.5, 0.6) is 0 Å². The van der Waals surface area contributed by atoms with Gasteiger partial charge in [-0.2, -0.15) is 11.8 Å². The van der Waals surface area contributed by atoms with Crippen LogP contribution >= 0.6 is 11.8 Å². The van der Waals surface area contributed by atoms with Gasteiger partial charge in [-0.3, -0.25) is 9.59 Å².